The van der Waals surface area contributed by atoms with Gasteiger partial charge in [0.2, 0.25) is 0 Å². The second-order valence-corrected chi connectivity index (χ2v) is 5.92. The molecule has 1 aliphatic carbocycles. The van der Waals surface area contributed by atoms with Crippen molar-refractivity contribution in [2.45, 2.75) is 44.9 Å². The molecule has 1 aliphatic rings. The van der Waals surface area contributed by atoms with E-state index in [1.807, 2.05) is 12.1 Å². The van der Waals surface area contributed by atoms with Crippen LogP contribution in [0.4, 0.5) is 0 Å². The predicted octanol–water partition coefficient (Wildman–Crippen LogP) is 4.89. The van der Waals surface area contributed by atoms with E-state index >= 15 is 0 Å². The van der Waals surface area contributed by atoms with Gasteiger partial charge in [0.05, 0.1) is 0 Å². The molecule has 2 rings (SSSR count). The van der Waals surface area contributed by atoms with Crippen molar-refractivity contribution >= 4 is 40.4 Å². The summed E-state index contributed by atoms with van der Waals surface area (Å²) in [5.41, 5.74) is 1.78. The first-order valence-corrected chi connectivity index (χ1v) is 6.74. The van der Waals surface area contributed by atoms with Crippen LogP contribution in [0.15, 0.2) is 24.3 Å². The van der Waals surface area contributed by atoms with Gasteiger partial charge in [-0.25, -0.2) is 0 Å². The first-order valence-electron chi connectivity index (χ1n) is 6.36. The monoisotopic (exact) mass is 287 g/mol. The summed E-state index contributed by atoms with van der Waals surface area (Å²) in [5, 5.41) is 11.2. The van der Waals surface area contributed by atoms with Gasteiger partial charge in [-0.2, -0.15) is 5.71 Å². The molecule has 0 aromatic heterocycles. The number of hydrogen-bond acceptors (Lipinski definition) is 0. The van der Waals surface area contributed by atoms with Crippen molar-refractivity contribution < 1.29 is 0 Å². The minimum Gasteiger partial charge on any atom is -0.811 e. The Bertz CT molecular complexity index is 407. The molecule has 1 aromatic carbocycles. The standard InChI is InChI=1S/C15H19ClN.CH3.Mg/c1-11(2)10-14(17)15(8-3-9-15)12-4-6-13(16)7-5-12;;/h4-7,11H,3,8-10H2,1-2H3;1H3;/q2*-1;+2. The third kappa shape index (κ3) is 3.96. The van der Waals surface area contributed by atoms with Crippen molar-refractivity contribution in [2.75, 3.05) is 0 Å². The minimum absolute atomic E-state index is 0. The van der Waals surface area contributed by atoms with Gasteiger partial charge in [0.1, 0.15) is 0 Å². The van der Waals surface area contributed by atoms with Crippen LogP contribution in [0.1, 0.15) is 45.1 Å². The fraction of sp³-hybridized carbons (Fsp3) is 0.500. The third-order valence-electron chi connectivity index (χ3n) is 3.76. The molecule has 0 atom stereocenters. The maximum atomic E-state index is 10.4. The van der Waals surface area contributed by atoms with E-state index in [0.29, 0.717) is 11.6 Å². The van der Waals surface area contributed by atoms with Crippen LogP contribution in [-0.4, -0.2) is 28.8 Å². The number of rotatable bonds is 4. The largest absolute Gasteiger partial charge is 2.00 e. The molecule has 0 N–H and O–H groups in total. The SMILES string of the molecule is CC(C)CC(=[N-])C1(c2ccc(Cl)cc2)CCC1.[CH3-].[Mg+2]. The van der Waals surface area contributed by atoms with Gasteiger partial charge < -0.3 is 12.8 Å². The van der Waals surface area contributed by atoms with Crippen molar-refractivity contribution in [1.29, 1.82) is 0 Å². The van der Waals surface area contributed by atoms with E-state index in [1.54, 1.807) is 0 Å². The zero-order valence-electron chi connectivity index (χ0n) is 12.2. The summed E-state index contributed by atoms with van der Waals surface area (Å²) in [6, 6.07) is 7.94. The molecule has 0 saturated heterocycles. The summed E-state index contributed by atoms with van der Waals surface area (Å²) < 4.78 is 0. The maximum Gasteiger partial charge on any atom is 2.00 e. The topological polar surface area (TPSA) is 22.3 Å². The van der Waals surface area contributed by atoms with E-state index in [2.05, 4.69) is 26.0 Å². The normalized spacial score (nSPS) is 16.0. The molecule has 1 saturated carbocycles. The Labute approximate surface area is 138 Å². The Hall–Kier alpha value is -0.0538. The first kappa shape index (κ1) is 18.9. The molecule has 3 heteroatoms. The molecule has 1 fully saturated rings. The van der Waals surface area contributed by atoms with Crippen LogP contribution in [0.3, 0.4) is 0 Å². The van der Waals surface area contributed by atoms with Crippen LogP contribution in [0.25, 0.3) is 5.41 Å². The molecule has 100 valence electrons. The van der Waals surface area contributed by atoms with Crippen LogP contribution in [-0.2, 0) is 5.41 Å². The molecule has 19 heavy (non-hydrogen) atoms. The first-order chi connectivity index (χ1) is 8.04. The number of nitrogens with zero attached hydrogens (tertiary/aromatic N) is 1. The summed E-state index contributed by atoms with van der Waals surface area (Å²) in [6.45, 7) is 4.29. The van der Waals surface area contributed by atoms with Gasteiger partial charge in [-0.3, -0.25) is 0 Å². The molecule has 1 nitrogen and oxygen atoms in total. The van der Waals surface area contributed by atoms with Crippen molar-refractivity contribution in [1.82, 2.24) is 0 Å². The van der Waals surface area contributed by atoms with Gasteiger partial charge in [0.15, 0.2) is 0 Å². The third-order valence-corrected chi connectivity index (χ3v) is 4.01. The van der Waals surface area contributed by atoms with Gasteiger partial charge >= 0.3 is 23.1 Å². The quantitative estimate of drug-likeness (QED) is 0.428. The van der Waals surface area contributed by atoms with Gasteiger partial charge in [0, 0.05) is 5.02 Å². The Morgan fingerprint density at radius 2 is 1.79 bits per heavy atom. The molecular weight excluding hydrogens is 266 g/mol. The molecule has 0 unspecified atom stereocenters. The molecule has 0 radical (unpaired) electrons. The number of benzene rings is 1. The fourth-order valence-corrected chi connectivity index (χ4v) is 2.75. The van der Waals surface area contributed by atoms with Gasteiger partial charge in [-0.15, -0.1) is 0 Å². The van der Waals surface area contributed by atoms with E-state index < -0.39 is 0 Å². The summed E-state index contributed by atoms with van der Waals surface area (Å²) >= 11 is 5.92. The van der Waals surface area contributed by atoms with Crippen molar-refractivity contribution in [3.8, 4) is 0 Å². The van der Waals surface area contributed by atoms with Crippen LogP contribution >= 0.6 is 11.6 Å². The maximum absolute atomic E-state index is 10.4. The fourth-order valence-electron chi connectivity index (χ4n) is 2.63. The average Bonchev–Trinajstić information content (AvgIpc) is 2.18. The average molecular weight is 288 g/mol. The van der Waals surface area contributed by atoms with Gasteiger partial charge in [0.25, 0.3) is 0 Å². The van der Waals surface area contributed by atoms with Gasteiger partial charge in [-0.05, 0) is 41.9 Å². The molecule has 0 heterocycles. The van der Waals surface area contributed by atoms with E-state index in [0.717, 1.165) is 24.3 Å². The molecule has 0 spiro atoms. The smallest absolute Gasteiger partial charge is 0.811 e. The summed E-state index contributed by atoms with van der Waals surface area (Å²) in [7, 11) is 0. The predicted molar refractivity (Wildman–Crippen MR) is 87.0 cm³/mol. The molecular formula is C16H22ClMgN. The molecule has 0 amide bonds. The zero-order valence-corrected chi connectivity index (χ0v) is 14.4. The molecule has 0 bridgehead atoms. The summed E-state index contributed by atoms with van der Waals surface area (Å²) in [6.07, 6.45) is 4.12. The van der Waals surface area contributed by atoms with Crippen LogP contribution < -0.4 is 0 Å². The van der Waals surface area contributed by atoms with E-state index in [-0.39, 0.29) is 35.9 Å². The van der Waals surface area contributed by atoms with E-state index in [9.17, 15) is 5.41 Å². The number of hydrogen-bond donors (Lipinski definition) is 0. The van der Waals surface area contributed by atoms with Crippen molar-refractivity contribution in [2.24, 2.45) is 5.92 Å². The molecule has 0 aliphatic heterocycles. The Morgan fingerprint density at radius 3 is 2.16 bits per heavy atom. The minimum atomic E-state index is -0.0884. The van der Waals surface area contributed by atoms with E-state index in [4.69, 9.17) is 11.6 Å². The van der Waals surface area contributed by atoms with Crippen LogP contribution in [0, 0.1) is 13.3 Å². The number of halogens is 1. The van der Waals surface area contributed by atoms with Crippen molar-refractivity contribution in [3.63, 3.8) is 0 Å². The Balaban J connectivity index is 0.00000162. The summed E-state index contributed by atoms with van der Waals surface area (Å²) in [4.78, 5) is 0. The second-order valence-electron chi connectivity index (χ2n) is 5.49. The zero-order chi connectivity index (χ0) is 12.5. The van der Waals surface area contributed by atoms with Crippen LogP contribution in [0.2, 0.25) is 5.02 Å². The van der Waals surface area contributed by atoms with Crippen LogP contribution in [0.5, 0.6) is 0 Å². The Morgan fingerprint density at radius 1 is 1.26 bits per heavy atom. The van der Waals surface area contributed by atoms with Gasteiger partial charge in [-0.1, -0.05) is 50.4 Å². The summed E-state index contributed by atoms with van der Waals surface area (Å²) in [5.74, 6) is 0.500. The second kappa shape index (κ2) is 7.66. The Kier molecular flexibility index (Phi) is 7.63. The van der Waals surface area contributed by atoms with E-state index in [1.165, 1.54) is 12.0 Å². The van der Waals surface area contributed by atoms with Crippen molar-refractivity contribution in [3.05, 3.63) is 47.7 Å². The molecule has 1 aromatic rings.